The lowest BCUT2D eigenvalue weighted by Gasteiger charge is -2.22. The number of phenolic OH excluding ortho intramolecular Hbond substituents is 1. The molecule has 0 aromatic heterocycles. The Morgan fingerprint density at radius 2 is 1.61 bits per heavy atom. The summed E-state index contributed by atoms with van der Waals surface area (Å²) in [7, 11) is 0. The van der Waals surface area contributed by atoms with Gasteiger partial charge in [-0.1, -0.05) is 78.3 Å². The van der Waals surface area contributed by atoms with Crippen molar-refractivity contribution in [1.29, 1.82) is 0 Å². The molecule has 3 aromatic carbocycles. The van der Waals surface area contributed by atoms with E-state index in [1.54, 1.807) is 12.1 Å². The summed E-state index contributed by atoms with van der Waals surface area (Å²) in [5.74, 6) is 1.18. The number of aryl methyl sites for hydroxylation is 1. The molecule has 0 saturated carbocycles. The van der Waals surface area contributed by atoms with Crippen molar-refractivity contribution in [3.8, 4) is 11.5 Å². The summed E-state index contributed by atoms with van der Waals surface area (Å²) < 4.78 is 7.18. The van der Waals surface area contributed by atoms with Gasteiger partial charge in [0.15, 0.2) is 0 Å². The number of phenols is 1. The number of rotatable bonds is 4. The zero-order chi connectivity index (χ0) is 19.9. The average molecular weight is 437 g/mol. The highest BCUT2D eigenvalue weighted by Gasteiger charge is 2.19. The van der Waals surface area contributed by atoms with Crippen molar-refractivity contribution in [3.63, 3.8) is 0 Å². The van der Waals surface area contributed by atoms with Crippen molar-refractivity contribution in [2.45, 2.75) is 33.3 Å². The first-order valence-electron chi connectivity index (χ1n) is 9.69. The fourth-order valence-corrected chi connectivity index (χ4v) is 3.95. The number of fused-ring (bicyclic) bond motifs is 1. The standard InChI is InChI=1S/C23H19BrO2.C2H6/c24-22-13-8-18-14-20(26-15-16-4-2-1-3-5-16)11-12-21(18)23(22)17-6-9-19(25)10-7-17;1-2/h1-7,9-12,14,25H,8,13,15H2;1-2H3. The molecule has 1 N–H and O–H groups in total. The third kappa shape index (κ3) is 4.66. The molecule has 0 aliphatic heterocycles. The van der Waals surface area contributed by atoms with Crippen LogP contribution in [-0.4, -0.2) is 5.11 Å². The largest absolute Gasteiger partial charge is 0.508 e. The van der Waals surface area contributed by atoms with Gasteiger partial charge < -0.3 is 9.84 Å². The number of hydrogen-bond acceptors (Lipinski definition) is 2. The summed E-state index contributed by atoms with van der Waals surface area (Å²) in [5.41, 5.74) is 5.98. The van der Waals surface area contributed by atoms with Gasteiger partial charge in [-0.15, -0.1) is 0 Å². The number of halogens is 1. The lowest BCUT2D eigenvalue weighted by Crippen LogP contribution is -2.05. The van der Waals surface area contributed by atoms with Crippen molar-refractivity contribution in [3.05, 3.63) is 99.5 Å². The molecule has 0 atom stereocenters. The van der Waals surface area contributed by atoms with Crippen LogP contribution in [0.15, 0.2) is 77.3 Å². The summed E-state index contributed by atoms with van der Waals surface area (Å²) in [4.78, 5) is 0. The minimum Gasteiger partial charge on any atom is -0.508 e. The van der Waals surface area contributed by atoms with Crippen molar-refractivity contribution in [2.24, 2.45) is 0 Å². The number of hydrogen-bond donors (Lipinski definition) is 1. The van der Waals surface area contributed by atoms with E-state index in [9.17, 15) is 5.11 Å². The van der Waals surface area contributed by atoms with Gasteiger partial charge >= 0.3 is 0 Å². The Bertz CT molecular complexity index is 944. The Kier molecular flexibility index (Phi) is 6.94. The summed E-state index contributed by atoms with van der Waals surface area (Å²) >= 11 is 3.75. The first kappa shape index (κ1) is 20.2. The van der Waals surface area contributed by atoms with E-state index < -0.39 is 0 Å². The molecule has 0 saturated heterocycles. The minimum absolute atomic E-state index is 0.283. The second-order valence-electron chi connectivity index (χ2n) is 6.42. The van der Waals surface area contributed by atoms with Crippen LogP contribution in [0.5, 0.6) is 11.5 Å². The predicted octanol–water partition coefficient (Wildman–Crippen LogP) is 7.10. The maximum absolute atomic E-state index is 9.56. The quantitative estimate of drug-likeness (QED) is 0.472. The second kappa shape index (κ2) is 9.61. The fourth-order valence-electron chi connectivity index (χ4n) is 3.31. The molecule has 3 heteroatoms. The Morgan fingerprint density at radius 1 is 0.893 bits per heavy atom. The number of benzene rings is 3. The van der Waals surface area contributed by atoms with Crippen LogP contribution >= 0.6 is 15.9 Å². The molecule has 1 aliphatic rings. The molecule has 0 fully saturated rings. The normalized spacial score (nSPS) is 12.7. The smallest absolute Gasteiger partial charge is 0.120 e. The van der Waals surface area contributed by atoms with E-state index in [4.69, 9.17) is 4.74 Å². The van der Waals surface area contributed by atoms with Crippen LogP contribution in [0.3, 0.4) is 0 Å². The number of aromatic hydroxyl groups is 1. The molecule has 0 amide bonds. The first-order valence-corrected chi connectivity index (χ1v) is 10.5. The second-order valence-corrected chi connectivity index (χ2v) is 7.38. The molecule has 0 heterocycles. The molecule has 0 radical (unpaired) electrons. The van der Waals surface area contributed by atoms with Gasteiger partial charge in [0.1, 0.15) is 18.1 Å². The Hall–Kier alpha value is -2.52. The highest BCUT2D eigenvalue weighted by atomic mass is 79.9. The minimum atomic E-state index is 0.283. The van der Waals surface area contributed by atoms with Crippen LogP contribution in [0, 0.1) is 0 Å². The zero-order valence-corrected chi connectivity index (χ0v) is 17.9. The van der Waals surface area contributed by atoms with Gasteiger partial charge in [-0.3, -0.25) is 0 Å². The van der Waals surface area contributed by atoms with Crippen LogP contribution in [-0.2, 0) is 13.0 Å². The van der Waals surface area contributed by atoms with Gasteiger partial charge in [0, 0.05) is 4.48 Å². The molecule has 0 unspecified atom stereocenters. The van der Waals surface area contributed by atoms with E-state index in [1.165, 1.54) is 21.2 Å². The molecule has 0 spiro atoms. The lowest BCUT2D eigenvalue weighted by molar-refractivity contribution is 0.306. The van der Waals surface area contributed by atoms with E-state index >= 15 is 0 Å². The third-order valence-electron chi connectivity index (χ3n) is 4.64. The lowest BCUT2D eigenvalue weighted by atomic mass is 9.87. The molecule has 28 heavy (non-hydrogen) atoms. The fraction of sp³-hybridized carbons (Fsp3) is 0.200. The van der Waals surface area contributed by atoms with E-state index in [1.807, 2.05) is 50.2 Å². The van der Waals surface area contributed by atoms with Gasteiger partial charge in [-0.2, -0.15) is 0 Å². The summed E-state index contributed by atoms with van der Waals surface area (Å²) in [6.45, 7) is 4.57. The van der Waals surface area contributed by atoms with Crippen molar-refractivity contribution in [2.75, 3.05) is 0 Å². The predicted molar refractivity (Wildman–Crippen MR) is 120 cm³/mol. The molecule has 0 bridgehead atoms. The van der Waals surface area contributed by atoms with E-state index in [0.29, 0.717) is 6.61 Å². The van der Waals surface area contributed by atoms with Crippen LogP contribution in [0.25, 0.3) is 5.57 Å². The highest BCUT2D eigenvalue weighted by Crippen LogP contribution is 2.40. The van der Waals surface area contributed by atoms with Crippen molar-refractivity contribution < 1.29 is 9.84 Å². The maximum atomic E-state index is 9.56. The van der Waals surface area contributed by atoms with Crippen molar-refractivity contribution >= 4 is 21.5 Å². The molecule has 144 valence electrons. The summed E-state index contributed by atoms with van der Waals surface area (Å²) in [6, 6.07) is 23.9. The monoisotopic (exact) mass is 436 g/mol. The van der Waals surface area contributed by atoms with Gasteiger partial charge in [0.05, 0.1) is 0 Å². The number of allylic oxidation sites excluding steroid dienone is 1. The van der Waals surface area contributed by atoms with Crippen LogP contribution in [0.2, 0.25) is 0 Å². The van der Waals surface area contributed by atoms with E-state index in [-0.39, 0.29) is 5.75 Å². The van der Waals surface area contributed by atoms with Crippen LogP contribution < -0.4 is 4.74 Å². The Labute approximate surface area is 175 Å². The van der Waals surface area contributed by atoms with Gasteiger partial charge in [0.2, 0.25) is 0 Å². The number of ether oxygens (including phenoxy) is 1. The SMILES string of the molecule is CC.Oc1ccc(C2=C(Br)CCc3cc(OCc4ccccc4)ccc32)cc1. The van der Waals surface area contributed by atoms with Crippen LogP contribution in [0.4, 0.5) is 0 Å². The summed E-state index contributed by atoms with van der Waals surface area (Å²) in [5, 5.41) is 9.56. The average Bonchev–Trinajstić information content (AvgIpc) is 2.75. The Morgan fingerprint density at radius 3 is 2.32 bits per heavy atom. The molecule has 4 rings (SSSR count). The third-order valence-corrected chi connectivity index (χ3v) is 5.43. The molecule has 3 aromatic rings. The first-order chi connectivity index (χ1) is 13.7. The maximum Gasteiger partial charge on any atom is 0.120 e. The molecule has 1 aliphatic carbocycles. The molecule has 2 nitrogen and oxygen atoms in total. The van der Waals surface area contributed by atoms with Crippen LogP contribution in [0.1, 0.15) is 42.5 Å². The Balaban J connectivity index is 0.00000109. The van der Waals surface area contributed by atoms with Gasteiger partial charge in [0.25, 0.3) is 0 Å². The van der Waals surface area contributed by atoms with Gasteiger partial charge in [-0.25, -0.2) is 0 Å². The van der Waals surface area contributed by atoms with E-state index in [2.05, 4.69) is 40.2 Å². The van der Waals surface area contributed by atoms with E-state index in [0.717, 1.165) is 29.7 Å². The van der Waals surface area contributed by atoms with Gasteiger partial charge in [-0.05, 0) is 64.9 Å². The van der Waals surface area contributed by atoms with Crippen molar-refractivity contribution in [1.82, 2.24) is 0 Å². The highest BCUT2D eigenvalue weighted by molar-refractivity contribution is 9.11. The zero-order valence-electron chi connectivity index (χ0n) is 16.3. The summed E-state index contributed by atoms with van der Waals surface area (Å²) in [6.07, 6.45) is 1.95. The topological polar surface area (TPSA) is 29.5 Å². The molecular formula is C25H25BrO2. The molecular weight excluding hydrogens is 412 g/mol.